The van der Waals surface area contributed by atoms with Gasteiger partial charge in [-0.05, 0) is 30.7 Å². The van der Waals surface area contributed by atoms with Crippen LogP contribution in [0.3, 0.4) is 0 Å². The van der Waals surface area contributed by atoms with Gasteiger partial charge in [0, 0.05) is 12.1 Å². The van der Waals surface area contributed by atoms with Crippen molar-refractivity contribution in [2.45, 2.75) is 19.5 Å². The highest BCUT2D eigenvalue weighted by molar-refractivity contribution is 5.99. The molecule has 1 unspecified atom stereocenters. The van der Waals surface area contributed by atoms with Gasteiger partial charge in [-0.2, -0.15) is 0 Å². The Morgan fingerprint density at radius 3 is 2.47 bits per heavy atom. The molecule has 1 aliphatic rings. The first kappa shape index (κ1) is 18.3. The van der Waals surface area contributed by atoms with Crippen molar-refractivity contribution in [3.05, 3.63) is 117 Å². The number of carbonyl (C=O) groups excluding carboxylic acids is 1. The van der Waals surface area contributed by atoms with Crippen LogP contribution in [0.4, 0.5) is 4.39 Å². The largest absolute Gasteiger partial charge is 0.450 e. The van der Waals surface area contributed by atoms with Crippen LogP contribution in [0.15, 0.2) is 82.0 Å². The van der Waals surface area contributed by atoms with E-state index in [1.807, 2.05) is 43.3 Å². The zero-order valence-corrected chi connectivity index (χ0v) is 16.3. The van der Waals surface area contributed by atoms with Crippen molar-refractivity contribution in [1.82, 2.24) is 4.90 Å². The quantitative estimate of drug-likeness (QED) is 0.488. The Bertz CT molecular complexity index is 1340. The van der Waals surface area contributed by atoms with E-state index in [1.165, 1.54) is 11.0 Å². The minimum Gasteiger partial charge on any atom is -0.450 e. The van der Waals surface area contributed by atoms with Crippen molar-refractivity contribution >= 4 is 16.9 Å². The second-order valence-electron chi connectivity index (χ2n) is 7.52. The summed E-state index contributed by atoms with van der Waals surface area (Å²) in [5, 5.41) is 0.393. The minimum absolute atomic E-state index is 0.0134. The number of benzene rings is 3. The molecule has 2 heterocycles. The molecule has 0 saturated carbocycles. The van der Waals surface area contributed by atoms with Gasteiger partial charge in [0.1, 0.15) is 11.4 Å². The van der Waals surface area contributed by atoms with E-state index >= 15 is 0 Å². The summed E-state index contributed by atoms with van der Waals surface area (Å²) in [7, 11) is 0. The molecule has 0 bridgehead atoms. The van der Waals surface area contributed by atoms with Gasteiger partial charge in [-0.25, -0.2) is 4.39 Å². The molecular formula is C25H18FNO3. The van der Waals surface area contributed by atoms with Crippen molar-refractivity contribution < 1.29 is 13.6 Å². The van der Waals surface area contributed by atoms with Crippen LogP contribution in [0.2, 0.25) is 0 Å². The zero-order valence-electron chi connectivity index (χ0n) is 16.3. The van der Waals surface area contributed by atoms with Crippen molar-refractivity contribution in [2.24, 2.45) is 0 Å². The summed E-state index contributed by atoms with van der Waals surface area (Å²) < 4.78 is 20.7. The molecule has 0 radical (unpaired) electrons. The standard InChI is InChI=1S/C25H18FNO3/c1-15-11-12-20-18(13-15)23(28)21-22(17-9-5-6-10-19(17)26)27(25(29)24(21)30-20)14-16-7-3-2-4-8-16/h2-13,22H,14H2,1H3. The Hall–Kier alpha value is -3.73. The number of fused-ring (bicyclic) bond motifs is 2. The lowest BCUT2D eigenvalue weighted by Gasteiger charge is -2.25. The molecule has 5 heteroatoms. The summed E-state index contributed by atoms with van der Waals surface area (Å²) in [6.45, 7) is 2.12. The Morgan fingerprint density at radius 1 is 0.967 bits per heavy atom. The van der Waals surface area contributed by atoms with Gasteiger partial charge in [0.05, 0.1) is 17.0 Å². The third kappa shape index (κ3) is 2.82. The molecule has 1 atom stereocenters. The molecule has 4 aromatic rings. The lowest BCUT2D eigenvalue weighted by molar-refractivity contribution is 0.0712. The summed E-state index contributed by atoms with van der Waals surface area (Å²) in [6, 6.07) is 20.1. The fourth-order valence-electron chi connectivity index (χ4n) is 4.10. The van der Waals surface area contributed by atoms with Gasteiger partial charge < -0.3 is 9.32 Å². The molecule has 0 saturated heterocycles. The Labute approximate surface area is 172 Å². The lowest BCUT2D eigenvalue weighted by atomic mass is 9.97. The molecule has 5 rings (SSSR count). The van der Waals surface area contributed by atoms with Crippen LogP contribution >= 0.6 is 0 Å². The molecule has 1 aromatic heterocycles. The molecule has 0 spiro atoms. The van der Waals surface area contributed by atoms with Crippen molar-refractivity contribution in [1.29, 1.82) is 0 Å². The summed E-state index contributed by atoms with van der Waals surface area (Å²) in [6.07, 6.45) is 0. The normalized spacial score (nSPS) is 15.6. The number of nitrogens with zero attached hydrogens (tertiary/aromatic N) is 1. The first-order valence-electron chi connectivity index (χ1n) is 9.71. The van der Waals surface area contributed by atoms with E-state index in [1.54, 1.807) is 30.3 Å². The number of carbonyl (C=O) groups is 1. The van der Waals surface area contributed by atoms with E-state index in [0.717, 1.165) is 11.1 Å². The highest BCUT2D eigenvalue weighted by Gasteiger charge is 2.43. The van der Waals surface area contributed by atoms with Gasteiger partial charge in [0.15, 0.2) is 5.43 Å². The molecule has 4 nitrogen and oxygen atoms in total. The molecular weight excluding hydrogens is 381 g/mol. The van der Waals surface area contributed by atoms with Crippen LogP contribution in [0.1, 0.15) is 38.9 Å². The van der Waals surface area contributed by atoms with Crippen LogP contribution < -0.4 is 5.43 Å². The predicted molar refractivity (Wildman–Crippen MR) is 112 cm³/mol. The number of amides is 1. The van der Waals surface area contributed by atoms with Gasteiger partial charge in [-0.3, -0.25) is 9.59 Å². The maximum Gasteiger partial charge on any atom is 0.291 e. The van der Waals surface area contributed by atoms with Gasteiger partial charge in [0.25, 0.3) is 5.91 Å². The van der Waals surface area contributed by atoms with E-state index in [-0.39, 0.29) is 28.9 Å². The van der Waals surface area contributed by atoms with Gasteiger partial charge in [-0.1, -0.05) is 60.2 Å². The number of rotatable bonds is 3. The van der Waals surface area contributed by atoms with E-state index in [9.17, 15) is 14.0 Å². The minimum atomic E-state index is -0.852. The first-order chi connectivity index (χ1) is 14.5. The van der Waals surface area contributed by atoms with Crippen molar-refractivity contribution in [3.8, 4) is 0 Å². The van der Waals surface area contributed by atoms with Crippen molar-refractivity contribution in [3.63, 3.8) is 0 Å². The summed E-state index contributed by atoms with van der Waals surface area (Å²) in [5.41, 5.74) is 2.31. The molecule has 148 valence electrons. The maximum atomic E-state index is 14.8. The molecule has 0 N–H and O–H groups in total. The van der Waals surface area contributed by atoms with Crippen LogP contribution in [-0.2, 0) is 6.54 Å². The third-order valence-corrected chi connectivity index (χ3v) is 5.52. The van der Waals surface area contributed by atoms with Crippen LogP contribution in [0.5, 0.6) is 0 Å². The molecule has 0 aliphatic carbocycles. The topological polar surface area (TPSA) is 50.5 Å². The highest BCUT2D eigenvalue weighted by atomic mass is 19.1. The van der Waals surface area contributed by atoms with E-state index in [4.69, 9.17) is 4.42 Å². The lowest BCUT2D eigenvalue weighted by Crippen LogP contribution is -2.29. The van der Waals surface area contributed by atoms with E-state index < -0.39 is 17.8 Å². The average molecular weight is 399 g/mol. The maximum absolute atomic E-state index is 14.8. The fraction of sp³-hybridized carbons (Fsp3) is 0.120. The molecule has 1 amide bonds. The average Bonchev–Trinajstić information content (AvgIpc) is 3.02. The van der Waals surface area contributed by atoms with Crippen LogP contribution in [0, 0.1) is 12.7 Å². The first-order valence-corrected chi connectivity index (χ1v) is 9.71. The van der Waals surface area contributed by atoms with Gasteiger partial charge in [-0.15, -0.1) is 0 Å². The van der Waals surface area contributed by atoms with E-state index in [0.29, 0.717) is 11.0 Å². The summed E-state index contributed by atoms with van der Waals surface area (Å²) in [5.74, 6) is -0.896. The fourth-order valence-corrected chi connectivity index (χ4v) is 4.10. The number of hydrogen-bond donors (Lipinski definition) is 0. The number of aryl methyl sites for hydroxylation is 1. The molecule has 3 aromatic carbocycles. The second kappa shape index (κ2) is 6.95. The van der Waals surface area contributed by atoms with Crippen LogP contribution in [-0.4, -0.2) is 10.8 Å². The summed E-state index contributed by atoms with van der Waals surface area (Å²) >= 11 is 0. The zero-order chi connectivity index (χ0) is 20.8. The third-order valence-electron chi connectivity index (χ3n) is 5.52. The Balaban J connectivity index is 1.77. The highest BCUT2D eigenvalue weighted by Crippen LogP contribution is 2.40. The second-order valence-corrected chi connectivity index (χ2v) is 7.52. The van der Waals surface area contributed by atoms with Crippen molar-refractivity contribution in [2.75, 3.05) is 0 Å². The SMILES string of the molecule is Cc1ccc2oc3c(c(=O)c2c1)C(c1ccccc1F)N(Cc1ccccc1)C3=O. The molecule has 30 heavy (non-hydrogen) atoms. The van der Waals surface area contributed by atoms with E-state index in [2.05, 4.69) is 0 Å². The number of hydrogen-bond acceptors (Lipinski definition) is 3. The van der Waals surface area contributed by atoms with Gasteiger partial charge in [0.2, 0.25) is 5.76 Å². The Morgan fingerprint density at radius 2 is 1.70 bits per heavy atom. The smallest absolute Gasteiger partial charge is 0.291 e. The predicted octanol–water partition coefficient (Wildman–Crippen LogP) is 4.99. The Kier molecular flexibility index (Phi) is 4.24. The molecule has 0 fully saturated rings. The van der Waals surface area contributed by atoms with Gasteiger partial charge >= 0.3 is 0 Å². The van der Waals surface area contributed by atoms with Crippen LogP contribution in [0.25, 0.3) is 11.0 Å². The summed E-state index contributed by atoms with van der Waals surface area (Å²) in [4.78, 5) is 28.3. The number of halogens is 1. The molecule has 1 aliphatic heterocycles. The monoisotopic (exact) mass is 399 g/mol.